The number of halogens is 2. The lowest BCUT2D eigenvalue weighted by Gasteiger charge is -1.99. The molecule has 0 amide bonds. The van der Waals surface area contributed by atoms with Crippen LogP contribution >= 0.6 is 11.3 Å². The fraction of sp³-hybridized carbons (Fsp3) is 0.200. The van der Waals surface area contributed by atoms with Crippen LogP contribution in [-0.4, -0.2) is 9.97 Å². The molecular weight excluding hydrogens is 368 g/mol. The number of fused-ring (bicyclic) bond motifs is 1. The number of benzene rings is 1. The van der Waals surface area contributed by atoms with Crippen LogP contribution in [0.4, 0.5) is 14.6 Å². The van der Waals surface area contributed by atoms with Gasteiger partial charge in [0.15, 0.2) is 17.3 Å². The quantitative estimate of drug-likeness (QED) is 0.460. The zero-order chi connectivity index (χ0) is 19.4. The largest absolute Gasteiger partial charge is 0.452 e. The molecule has 140 valence electrons. The molecule has 0 radical (unpaired) electrons. The van der Waals surface area contributed by atoms with Gasteiger partial charge in [-0.15, -0.1) is 11.3 Å². The average Bonchev–Trinajstić information content (AvgIpc) is 3.31. The van der Waals surface area contributed by atoms with Crippen LogP contribution < -0.4 is 5.73 Å². The Morgan fingerprint density at radius 2 is 1.81 bits per heavy atom. The maximum Gasteiger partial charge on any atom is 0.295 e. The van der Waals surface area contributed by atoms with Crippen molar-refractivity contribution in [1.82, 2.24) is 9.97 Å². The Bertz CT molecular complexity index is 1030. The van der Waals surface area contributed by atoms with E-state index in [1.165, 1.54) is 29.0 Å². The first-order chi connectivity index (χ1) is 13.1. The predicted octanol–water partition coefficient (Wildman–Crippen LogP) is 6.09. The van der Waals surface area contributed by atoms with Gasteiger partial charge in [-0.25, -0.2) is 18.7 Å². The molecule has 27 heavy (non-hydrogen) atoms. The summed E-state index contributed by atoms with van der Waals surface area (Å²) in [5, 5.41) is 0.764. The van der Waals surface area contributed by atoms with E-state index in [0.29, 0.717) is 10.6 Å². The summed E-state index contributed by atoms with van der Waals surface area (Å²) in [6, 6.07) is 14.7. The third-order valence-corrected chi connectivity index (χ3v) is 4.79. The first kappa shape index (κ1) is 19.0. The number of furan rings is 1. The number of alkyl halides is 2. The molecule has 0 aliphatic carbocycles. The van der Waals surface area contributed by atoms with E-state index in [9.17, 15) is 8.78 Å². The maximum atomic E-state index is 12.7. The molecule has 4 rings (SSSR count). The molecule has 3 heterocycles. The van der Waals surface area contributed by atoms with Crippen LogP contribution in [0, 0.1) is 0 Å². The van der Waals surface area contributed by atoms with Gasteiger partial charge in [-0.1, -0.05) is 44.2 Å². The summed E-state index contributed by atoms with van der Waals surface area (Å²) in [6.45, 7) is 4.00. The molecule has 0 aliphatic heterocycles. The Labute approximate surface area is 159 Å². The molecule has 2 N–H and O–H groups in total. The van der Waals surface area contributed by atoms with Crippen molar-refractivity contribution in [3.8, 4) is 11.6 Å². The van der Waals surface area contributed by atoms with Crippen molar-refractivity contribution in [2.75, 3.05) is 5.73 Å². The average molecular weight is 387 g/mol. The van der Waals surface area contributed by atoms with Crippen molar-refractivity contribution < 1.29 is 13.2 Å². The first-order valence-corrected chi connectivity index (χ1v) is 9.40. The Balaban J connectivity index is 0.00000102. The summed E-state index contributed by atoms with van der Waals surface area (Å²) in [5.74, 6) is 0.297. The Kier molecular flexibility index (Phi) is 5.81. The van der Waals surface area contributed by atoms with E-state index in [0.717, 1.165) is 16.7 Å². The molecule has 3 aromatic heterocycles. The lowest BCUT2D eigenvalue weighted by atomic mass is 10.1. The van der Waals surface area contributed by atoms with Crippen molar-refractivity contribution in [3.63, 3.8) is 0 Å². The number of hydrogen-bond acceptors (Lipinski definition) is 5. The number of nitrogens with zero attached hydrogens (tertiary/aromatic N) is 2. The zero-order valence-electron chi connectivity index (χ0n) is 14.9. The van der Waals surface area contributed by atoms with Crippen LogP contribution in [0.1, 0.15) is 36.5 Å². The Hall–Kier alpha value is -2.80. The van der Waals surface area contributed by atoms with Gasteiger partial charge in [-0.05, 0) is 23.8 Å². The van der Waals surface area contributed by atoms with E-state index in [1.54, 1.807) is 0 Å². The molecule has 0 spiro atoms. The van der Waals surface area contributed by atoms with Crippen LogP contribution in [0.15, 0.2) is 52.9 Å². The monoisotopic (exact) mass is 387 g/mol. The van der Waals surface area contributed by atoms with Crippen molar-refractivity contribution in [2.45, 2.75) is 26.7 Å². The summed E-state index contributed by atoms with van der Waals surface area (Å²) in [6.07, 6.45) is -1.90. The van der Waals surface area contributed by atoms with E-state index in [1.807, 2.05) is 38.1 Å². The van der Waals surface area contributed by atoms with Gasteiger partial charge in [-0.3, -0.25) is 0 Å². The van der Waals surface area contributed by atoms with E-state index in [4.69, 9.17) is 10.2 Å². The summed E-state index contributed by atoms with van der Waals surface area (Å²) in [7, 11) is 0. The number of rotatable bonds is 4. The minimum Gasteiger partial charge on any atom is -0.452 e. The summed E-state index contributed by atoms with van der Waals surface area (Å²) >= 11 is 1.51. The molecule has 0 fully saturated rings. The normalized spacial score (nSPS) is 10.9. The van der Waals surface area contributed by atoms with Gasteiger partial charge in [0.2, 0.25) is 0 Å². The van der Waals surface area contributed by atoms with Crippen LogP contribution in [0.2, 0.25) is 0 Å². The fourth-order valence-corrected chi connectivity index (χ4v) is 3.65. The predicted molar refractivity (Wildman–Crippen MR) is 105 cm³/mol. The Morgan fingerprint density at radius 3 is 2.48 bits per heavy atom. The van der Waals surface area contributed by atoms with E-state index in [2.05, 4.69) is 22.1 Å². The van der Waals surface area contributed by atoms with Gasteiger partial charge in [-0.2, -0.15) is 0 Å². The van der Waals surface area contributed by atoms with Gasteiger partial charge in [0.05, 0.1) is 5.39 Å². The molecular formula is C20H19F2N3OS. The fourth-order valence-electron chi connectivity index (χ4n) is 2.58. The van der Waals surface area contributed by atoms with E-state index >= 15 is 0 Å². The molecule has 7 heteroatoms. The van der Waals surface area contributed by atoms with Crippen LogP contribution in [0.5, 0.6) is 0 Å². The number of thiophene rings is 1. The summed E-state index contributed by atoms with van der Waals surface area (Å²) in [5.41, 5.74) is 7.22. The van der Waals surface area contributed by atoms with Crippen LogP contribution in [0.25, 0.3) is 21.8 Å². The standard InChI is InChI=1S/C18H13F2N3OS.C2H6/c19-15(20)13-6-7-14(24-13)17-22-16(21)12-9-11(25-18(12)23-17)8-10-4-2-1-3-5-10;1-2/h1-7,9,15H,8H2,(H2,21,22,23);1-2H3. The second kappa shape index (κ2) is 8.26. The molecule has 0 saturated carbocycles. The molecule has 4 aromatic rings. The molecule has 0 saturated heterocycles. The van der Waals surface area contributed by atoms with Crippen molar-refractivity contribution in [1.29, 1.82) is 0 Å². The highest BCUT2D eigenvalue weighted by molar-refractivity contribution is 7.18. The highest BCUT2D eigenvalue weighted by Gasteiger charge is 2.17. The molecule has 0 atom stereocenters. The Morgan fingerprint density at radius 1 is 1.07 bits per heavy atom. The minimum atomic E-state index is -2.67. The van der Waals surface area contributed by atoms with E-state index in [-0.39, 0.29) is 11.6 Å². The number of hydrogen-bond donors (Lipinski definition) is 1. The topological polar surface area (TPSA) is 64.9 Å². The van der Waals surface area contributed by atoms with Gasteiger partial charge in [0.25, 0.3) is 6.43 Å². The molecule has 0 aliphatic rings. The number of aromatic nitrogens is 2. The van der Waals surface area contributed by atoms with Gasteiger partial charge in [0.1, 0.15) is 10.6 Å². The second-order valence-electron chi connectivity index (χ2n) is 5.53. The van der Waals surface area contributed by atoms with Crippen molar-refractivity contribution >= 4 is 27.4 Å². The number of anilines is 1. The molecule has 4 nitrogen and oxygen atoms in total. The zero-order valence-corrected chi connectivity index (χ0v) is 15.8. The maximum absolute atomic E-state index is 12.7. The molecule has 0 bridgehead atoms. The van der Waals surface area contributed by atoms with Crippen LogP contribution in [-0.2, 0) is 6.42 Å². The highest BCUT2D eigenvalue weighted by Crippen LogP contribution is 2.32. The first-order valence-electron chi connectivity index (χ1n) is 8.58. The van der Waals surface area contributed by atoms with Crippen molar-refractivity contribution in [3.05, 3.63) is 64.7 Å². The van der Waals surface area contributed by atoms with E-state index < -0.39 is 12.2 Å². The van der Waals surface area contributed by atoms with Gasteiger partial charge < -0.3 is 10.2 Å². The third kappa shape index (κ3) is 4.14. The summed E-state index contributed by atoms with van der Waals surface area (Å²) < 4.78 is 30.5. The number of nitrogens with two attached hydrogens (primary N) is 1. The minimum absolute atomic E-state index is 0.182. The molecule has 1 aromatic carbocycles. The van der Waals surface area contributed by atoms with Gasteiger partial charge in [0, 0.05) is 11.3 Å². The smallest absolute Gasteiger partial charge is 0.295 e. The SMILES string of the molecule is CC.Nc1nc(-c2ccc(C(F)F)o2)nc2sc(Cc3ccccc3)cc12. The number of nitrogen functional groups attached to an aromatic ring is 1. The van der Waals surface area contributed by atoms with Gasteiger partial charge >= 0.3 is 0 Å². The second-order valence-corrected chi connectivity index (χ2v) is 6.64. The lowest BCUT2D eigenvalue weighted by molar-refractivity contribution is 0.122. The van der Waals surface area contributed by atoms with Crippen LogP contribution in [0.3, 0.4) is 0 Å². The third-order valence-electron chi connectivity index (χ3n) is 3.76. The lowest BCUT2D eigenvalue weighted by Crippen LogP contribution is -1.95. The molecule has 0 unspecified atom stereocenters. The summed E-state index contributed by atoms with van der Waals surface area (Å²) in [4.78, 5) is 10.4. The highest BCUT2D eigenvalue weighted by atomic mass is 32.1. The van der Waals surface area contributed by atoms with Crippen molar-refractivity contribution in [2.24, 2.45) is 0 Å².